The Morgan fingerprint density at radius 2 is 1.88 bits per heavy atom. The SMILES string of the molecule is C[C@H](N)C(=O)Nc1cc(F)c(F)cc1C(=O)O. The van der Waals surface area contributed by atoms with Crippen LogP contribution in [0.3, 0.4) is 0 Å². The quantitative estimate of drug-likeness (QED) is 0.738. The summed E-state index contributed by atoms with van der Waals surface area (Å²) >= 11 is 0. The molecule has 5 nitrogen and oxygen atoms in total. The van der Waals surface area contributed by atoms with E-state index in [1.807, 2.05) is 0 Å². The Labute approximate surface area is 95.2 Å². The molecule has 0 bridgehead atoms. The Bertz CT molecular complexity index is 475. The average molecular weight is 244 g/mol. The Kier molecular flexibility index (Phi) is 3.74. The van der Waals surface area contributed by atoms with Crippen molar-refractivity contribution in [1.29, 1.82) is 0 Å². The molecule has 0 heterocycles. The number of carbonyl (C=O) groups is 2. The molecule has 0 aliphatic carbocycles. The number of nitrogens with one attached hydrogen (secondary N) is 1. The first kappa shape index (κ1) is 13.0. The zero-order chi connectivity index (χ0) is 13.2. The fraction of sp³-hybridized carbons (Fsp3) is 0.200. The van der Waals surface area contributed by atoms with Gasteiger partial charge in [0.25, 0.3) is 0 Å². The number of carbonyl (C=O) groups excluding carboxylic acids is 1. The van der Waals surface area contributed by atoms with Crippen molar-refractivity contribution < 1.29 is 23.5 Å². The summed E-state index contributed by atoms with van der Waals surface area (Å²) in [6.45, 7) is 1.37. The third-order valence-electron chi connectivity index (χ3n) is 1.96. The molecule has 1 rings (SSSR count). The molecule has 0 radical (unpaired) electrons. The third kappa shape index (κ3) is 2.97. The van der Waals surface area contributed by atoms with Gasteiger partial charge in [0, 0.05) is 6.07 Å². The molecule has 17 heavy (non-hydrogen) atoms. The van der Waals surface area contributed by atoms with Crippen LogP contribution < -0.4 is 11.1 Å². The number of hydrogen-bond acceptors (Lipinski definition) is 3. The van der Waals surface area contributed by atoms with Crippen LogP contribution in [-0.2, 0) is 4.79 Å². The van der Waals surface area contributed by atoms with E-state index < -0.39 is 35.1 Å². The van der Waals surface area contributed by atoms with Gasteiger partial charge in [-0.3, -0.25) is 4.79 Å². The predicted octanol–water partition coefficient (Wildman–Crippen LogP) is 0.949. The van der Waals surface area contributed by atoms with Gasteiger partial charge >= 0.3 is 5.97 Å². The summed E-state index contributed by atoms with van der Waals surface area (Å²) in [5.41, 5.74) is 4.37. The highest BCUT2D eigenvalue weighted by molar-refractivity contribution is 6.01. The van der Waals surface area contributed by atoms with Crippen molar-refractivity contribution >= 4 is 17.6 Å². The number of aromatic carboxylic acids is 1. The number of carboxylic acid groups (broad SMARTS) is 1. The predicted molar refractivity (Wildman–Crippen MR) is 55.6 cm³/mol. The summed E-state index contributed by atoms with van der Waals surface area (Å²) in [5, 5.41) is 10.9. The number of amides is 1. The normalized spacial score (nSPS) is 12.0. The van der Waals surface area contributed by atoms with E-state index in [2.05, 4.69) is 5.32 Å². The van der Waals surface area contributed by atoms with Crippen molar-refractivity contribution in [3.05, 3.63) is 29.3 Å². The van der Waals surface area contributed by atoms with Gasteiger partial charge in [-0.05, 0) is 13.0 Å². The average Bonchev–Trinajstić information content (AvgIpc) is 2.22. The van der Waals surface area contributed by atoms with Gasteiger partial charge in [-0.25, -0.2) is 13.6 Å². The lowest BCUT2D eigenvalue weighted by molar-refractivity contribution is -0.117. The summed E-state index contributed by atoms with van der Waals surface area (Å²) in [7, 11) is 0. The number of hydrogen-bond donors (Lipinski definition) is 3. The minimum atomic E-state index is -1.48. The first-order valence-electron chi connectivity index (χ1n) is 4.61. The molecule has 0 saturated carbocycles. The Hall–Kier alpha value is -2.02. The van der Waals surface area contributed by atoms with Crippen LogP contribution >= 0.6 is 0 Å². The van der Waals surface area contributed by atoms with Gasteiger partial charge in [0.15, 0.2) is 11.6 Å². The smallest absolute Gasteiger partial charge is 0.337 e. The molecule has 7 heteroatoms. The summed E-state index contributed by atoms with van der Waals surface area (Å²) in [5.74, 6) is -4.74. The summed E-state index contributed by atoms with van der Waals surface area (Å²) < 4.78 is 25.8. The molecule has 0 unspecified atom stereocenters. The van der Waals surface area contributed by atoms with Crippen molar-refractivity contribution in [1.82, 2.24) is 0 Å². The van der Waals surface area contributed by atoms with E-state index in [9.17, 15) is 18.4 Å². The number of carboxylic acids is 1. The van der Waals surface area contributed by atoms with Crippen LogP contribution in [0.25, 0.3) is 0 Å². The second-order valence-electron chi connectivity index (χ2n) is 3.39. The lowest BCUT2D eigenvalue weighted by Gasteiger charge is -2.10. The van der Waals surface area contributed by atoms with Gasteiger partial charge in [0.05, 0.1) is 17.3 Å². The van der Waals surface area contributed by atoms with Crippen LogP contribution in [0.5, 0.6) is 0 Å². The van der Waals surface area contributed by atoms with E-state index in [4.69, 9.17) is 10.8 Å². The van der Waals surface area contributed by atoms with E-state index >= 15 is 0 Å². The molecule has 1 aromatic carbocycles. The number of halogens is 2. The lowest BCUT2D eigenvalue weighted by atomic mass is 10.1. The van der Waals surface area contributed by atoms with Crippen molar-refractivity contribution in [3.8, 4) is 0 Å². The Morgan fingerprint density at radius 3 is 2.35 bits per heavy atom. The van der Waals surface area contributed by atoms with Crippen molar-refractivity contribution in [2.24, 2.45) is 5.73 Å². The third-order valence-corrected chi connectivity index (χ3v) is 1.96. The second-order valence-corrected chi connectivity index (χ2v) is 3.39. The highest BCUT2D eigenvalue weighted by Crippen LogP contribution is 2.20. The number of rotatable bonds is 3. The van der Waals surface area contributed by atoms with Crippen LogP contribution in [0, 0.1) is 11.6 Å². The van der Waals surface area contributed by atoms with Gasteiger partial charge in [-0.2, -0.15) is 0 Å². The zero-order valence-corrected chi connectivity index (χ0v) is 8.83. The molecule has 0 aromatic heterocycles. The van der Waals surface area contributed by atoms with Gasteiger partial charge in [-0.1, -0.05) is 0 Å². The van der Waals surface area contributed by atoms with Crippen molar-refractivity contribution in [2.75, 3.05) is 5.32 Å². The van der Waals surface area contributed by atoms with Crippen molar-refractivity contribution in [3.63, 3.8) is 0 Å². The minimum absolute atomic E-state index is 0.335. The molecule has 4 N–H and O–H groups in total. The van der Waals surface area contributed by atoms with E-state index in [0.29, 0.717) is 12.1 Å². The van der Waals surface area contributed by atoms with E-state index in [0.717, 1.165) is 0 Å². The van der Waals surface area contributed by atoms with Gasteiger partial charge in [-0.15, -0.1) is 0 Å². The lowest BCUT2D eigenvalue weighted by Crippen LogP contribution is -2.33. The standard InChI is InChI=1S/C10H10F2N2O3/c1-4(13)9(15)14-8-3-7(12)6(11)2-5(8)10(16)17/h2-4H,13H2,1H3,(H,14,15)(H,16,17)/t4-/m0/s1. The maximum atomic E-state index is 12.9. The molecule has 0 aliphatic heterocycles. The number of benzene rings is 1. The molecular weight excluding hydrogens is 234 g/mol. The Balaban J connectivity index is 3.17. The molecule has 0 aliphatic rings. The molecule has 1 aromatic rings. The highest BCUT2D eigenvalue weighted by Gasteiger charge is 2.18. The van der Waals surface area contributed by atoms with Crippen LogP contribution in [0.1, 0.15) is 17.3 Å². The van der Waals surface area contributed by atoms with Gasteiger partial charge < -0.3 is 16.2 Å². The Morgan fingerprint density at radius 1 is 1.35 bits per heavy atom. The fourth-order valence-electron chi connectivity index (χ4n) is 1.07. The van der Waals surface area contributed by atoms with Crippen LogP contribution in [0.4, 0.5) is 14.5 Å². The number of nitrogens with two attached hydrogens (primary N) is 1. The zero-order valence-electron chi connectivity index (χ0n) is 8.83. The first-order valence-corrected chi connectivity index (χ1v) is 4.61. The maximum Gasteiger partial charge on any atom is 0.337 e. The fourth-order valence-corrected chi connectivity index (χ4v) is 1.07. The van der Waals surface area contributed by atoms with Gasteiger partial charge in [0.2, 0.25) is 5.91 Å². The second kappa shape index (κ2) is 4.88. The maximum absolute atomic E-state index is 12.9. The summed E-state index contributed by atoms with van der Waals surface area (Å²) in [6, 6.07) is 0.192. The van der Waals surface area contributed by atoms with Crippen LogP contribution in [-0.4, -0.2) is 23.0 Å². The molecule has 0 saturated heterocycles. The largest absolute Gasteiger partial charge is 0.478 e. The minimum Gasteiger partial charge on any atom is -0.478 e. The summed E-state index contributed by atoms with van der Waals surface area (Å²) in [6.07, 6.45) is 0. The topological polar surface area (TPSA) is 92.4 Å². The number of anilines is 1. The van der Waals surface area contributed by atoms with Crippen molar-refractivity contribution in [2.45, 2.75) is 13.0 Å². The summed E-state index contributed by atoms with van der Waals surface area (Å²) in [4.78, 5) is 22.0. The molecule has 1 amide bonds. The monoisotopic (exact) mass is 244 g/mol. The molecular formula is C10H10F2N2O3. The molecule has 1 atom stereocenters. The van der Waals surface area contributed by atoms with E-state index in [1.54, 1.807) is 0 Å². The van der Waals surface area contributed by atoms with Crippen LogP contribution in [0.15, 0.2) is 12.1 Å². The first-order chi connectivity index (χ1) is 7.82. The molecule has 0 fully saturated rings. The van der Waals surface area contributed by atoms with Crippen LogP contribution in [0.2, 0.25) is 0 Å². The van der Waals surface area contributed by atoms with E-state index in [-0.39, 0.29) is 5.69 Å². The highest BCUT2D eigenvalue weighted by atomic mass is 19.2. The van der Waals surface area contributed by atoms with Gasteiger partial charge in [0.1, 0.15) is 0 Å². The van der Waals surface area contributed by atoms with E-state index in [1.165, 1.54) is 6.92 Å². The molecule has 0 spiro atoms. The molecule has 92 valence electrons.